The largest absolute Gasteiger partial charge is 0.484 e. The summed E-state index contributed by atoms with van der Waals surface area (Å²) in [5.41, 5.74) is -2.24. The highest BCUT2D eigenvalue weighted by atomic mass is 79.9. The minimum atomic E-state index is -4.56. The van der Waals surface area contributed by atoms with Crippen LogP contribution in [0.5, 0.6) is 5.75 Å². The molecule has 1 rings (SSSR count). The van der Waals surface area contributed by atoms with Gasteiger partial charge in [0.25, 0.3) is 0 Å². The maximum Gasteiger partial charge on any atom is 0.408 e. The maximum absolute atomic E-state index is 12.2. The summed E-state index contributed by atoms with van der Waals surface area (Å²) in [6.07, 6.45) is -3.52. The van der Waals surface area contributed by atoms with Crippen LogP contribution >= 0.6 is 15.9 Å². The van der Waals surface area contributed by atoms with Gasteiger partial charge in [0.1, 0.15) is 13.2 Å². The van der Waals surface area contributed by atoms with E-state index in [1.165, 1.54) is 13.8 Å². The van der Waals surface area contributed by atoms with Gasteiger partial charge in [-0.15, -0.1) is 0 Å². The van der Waals surface area contributed by atoms with E-state index < -0.39 is 23.9 Å². The van der Waals surface area contributed by atoms with Crippen molar-refractivity contribution in [1.29, 1.82) is 0 Å². The summed E-state index contributed by atoms with van der Waals surface area (Å²) in [5, 5.41) is 12.8. The van der Waals surface area contributed by atoms with E-state index in [0.29, 0.717) is 0 Å². The summed E-state index contributed by atoms with van der Waals surface area (Å²) < 4.78 is 42.1. The molecule has 1 heterocycles. The fourth-order valence-corrected chi connectivity index (χ4v) is 1.49. The number of aliphatic hydroxyl groups is 1. The lowest BCUT2D eigenvalue weighted by atomic mass is 10.2. The SMILES string of the molecule is CC(C)(O)COc1c(Br)cnn(CC(F)(F)F)c1=O. The zero-order chi connectivity index (χ0) is 14.8. The molecular weight excluding hydrogens is 333 g/mol. The van der Waals surface area contributed by atoms with Crippen molar-refractivity contribution in [1.82, 2.24) is 9.78 Å². The van der Waals surface area contributed by atoms with Crippen molar-refractivity contribution >= 4 is 15.9 Å². The average Bonchev–Trinajstić information content (AvgIpc) is 2.19. The monoisotopic (exact) mass is 344 g/mol. The van der Waals surface area contributed by atoms with E-state index in [1.54, 1.807) is 0 Å². The molecule has 19 heavy (non-hydrogen) atoms. The molecule has 9 heteroatoms. The van der Waals surface area contributed by atoms with Crippen LogP contribution in [0.4, 0.5) is 13.2 Å². The summed E-state index contributed by atoms with van der Waals surface area (Å²) >= 11 is 2.96. The van der Waals surface area contributed by atoms with Crippen molar-refractivity contribution < 1.29 is 23.0 Å². The van der Waals surface area contributed by atoms with Gasteiger partial charge in [-0.25, -0.2) is 4.68 Å². The molecule has 5 nitrogen and oxygen atoms in total. The first-order valence-electron chi connectivity index (χ1n) is 5.17. The van der Waals surface area contributed by atoms with E-state index in [4.69, 9.17) is 4.74 Å². The molecule has 0 saturated heterocycles. The Hall–Kier alpha value is -1.09. The summed E-state index contributed by atoms with van der Waals surface area (Å²) in [6, 6.07) is 0. The molecule has 0 fully saturated rings. The Morgan fingerprint density at radius 3 is 2.53 bits per heavy atom. The number of rotatable bonds is 4. The topological polar surface area (TPSA) is 64.3 Å². The van der Waals surface area contributed by atoms with Crippen LogP contribution in [-0.2, 0) is 6.54 Å². The number of hydrogen-bond donors (Lipinski definition) is 1. The molecule has 0 atom stereocenters. The highest BCUT2D eigenvalue weighted by Gasteiger charge is 2.30. The zero-order valence-corrected chi connectivity index (χ0v) is 11.7. The van der Waals surface area contributed by atoms with Crippen molar-refractivity contribution in [2.45, 2.75) is 32.2 Å². The summed E-state index contributed by atoms with van der Waals surface area (Å²) in [4.78, 5) is 11.7. The Morgan fingerprint density at radius 1 is 1.47 bits per heavy atom. The van der Waals surface area contributed by atoms with E-state index >= 15 is 0 Å². The Morgan fingerprint density at radius 2 is 2.05 bits per heavy atom. The van der Waals surface area contributed by atoms with E-state index in [1.807, 2.05) is 0 Å². The van der Waals surface area contributed by atoms with Crippen LogP contribution in [-0.4, -0.2) is 33.3 Å². The van der Waals surface area contributed by atoms with Crippen LogP contribution in [0.25, 0.3) is 0 Å². The first-order valence-corrected chi connectivity index (χ1v) is 5.96. The van der Waals surface area contributed by atoms with Crippen LogP contribution in [0.15, 0.2) is 15.5 Å². The third-order valence-electron chi connectivity index (χ3n) is 1.85. The lowest BCUT2D eigenvalue weighted by molar-refractivity contribution is -0.143. The minimum Gasteiger partial charge on any atom is -0.484 e. The van der Waals surface area contributed by atoms with Gasteiger partial charge in [0.05, 0.1) is 16.3 Å². The van der Waals surface area contributed by atoms with Crippen LogP contribution < -0.4 is 10.3 Å². The number of ether oxygens (including phenoxy) is 1. The first kappa shape index (κ1) is 16.0. The van der Waals surface area contributed by atoms with Crippen molar-refractivity contribution in [3.8, 4) is 5.75 Å². The van der Waals surface area contributed by atoms with Gasteiger partial charge < -0.3 is 9.84 Å². The number of hydrogen-bond acceptors (Lipinski definition) is 4. The second-order valence-corrected chi connectivity index (χ2v) is 5.36. The second kappa shape index (κ2) is 5.49. The highest BCUT2D eigenvalue weighted by molar-refractivity contribution is 9.10. The molecular formula is C10H12BrF3N2O3. The third kappa shape index (κ3) is 5.19. The summed E-state index contributed by atoms with van der Waals surface area (Å²) in [5.74, 6) is -0.318. The van der Waals surface area contributed by atoms with Crippen LogP contribution in [0.3, 0.4) is 0 Å². The molecule has 1 aromatic rings. The molecule has 1 N–H and O–H groups in total. The van der Waals surface area contributed by atoms with Gasteiger partial charge in [-0.2, -0.15) is 18.3 Å². The Bertz CT molecular complexity index is 508. The number of aromatic nitrogens is 2. The van der Waals surface area contributed by atoms with E-state index in [9.17, 15) is 23.1 Å². The van der Waals surface area contributed by atoms with Crippen LogP contribution in [0.2, 0.25) is 0 Å². The average molecular weight is 345 g/mol. The molecule has 0 radical (unpaired) electrons. The summed E-state index contributed by atoms with van der Waals surface area (Å²) in [7, 11) is 0. The standard InChI is InChI=1S/C10H12BrF3N2O3/c1-9(2,18)5-19-7-6(11)3-15-16(8(7)17)4-10(12,13)14/h3,18H,4-5H2,1-2H3. The Balaban J connectivity index is 3.05. The molecule has 1 aromatic heterocycles. The lowest BCUT2D eigenvalue weighted by Crippen LogP contribution is -2.34. The number of alkyl halides is 3. The normalized spacial score (nSPS) is 12.6. The third-order valence-corrected chi connectivity index (χ3v) is 2.42. The first-order chi connectivity index (χ1) is 8.49. The predicted octanol–water partition coefficient (Wildman–Crippen LogP) is 1.72. The Labute approximate surface area is 115 Å². The second-order valence-electron chi connectivity index (χ2n) is 4.50. The molecule has 0 aliphatic carbocycles. The minimum absolute atomic E-state index is 0.125. The predicted molar refractivity (Wildman–Crippen MR) is 64.0 cm³/mol. The van der Waals surface area contributed by atoms with Crippen molar-refractivity contribution in [3.05, 3.63) is 21.0 Å². The fraction of sp³-hybridized carbons (Fsp3) is 0.600. The summed E-state index contributed by atoms with van der Waals surface area (Å²) in [6.45, 7) is 1.14. The van der Waals surface area contributed by atoms with Gasteiger partial charge in [-0.1, -0.05) is 0 Å². The maximum atomic E-state index is 12.2. The number of halogens is 4. The van der Waals surface area contributed by atoms with Crippen molar-refractivity contribution in [3.63, 3.8) is 0 Å². The van der Waals surface area contributed by atoms with E-state index in [-0.39, 0.29) is 21.5 Å². The molecule has 0 bridgehead atoms. The van der Waals surface area contributed by atoms with Gasteiger partial charge >= 0.3 is 11.7 Å². The molecule has 0 spiro atoms. The molecule has 108 valence electrons. The molecule has 0 unspecified atom stereocenters. The van der Waals surface area contributed by atoms with Crippen molar-refractivity contribution in [2.24, 2.45) is 0 Å². The Kier molecular flexibility index (Phi) is 4.62. The smallest absolute Gasteiger partial charge is 0.408 e. The van der Waals surface area contributed by atoms with E-state index in [2.05, 4.69) is 21.0 Å². The highest BCUT2D eigenvalue weighted by Crippen LogP contribution is 2.21. The fourth-order valence-electron chi connectivity index (χ4n) is 1.11. The molecule has 0 aliphatic heterocycles. The van der Waals surface area contributed by atoms with Gasteiger partial charge in [0.2, 0.25) is 5.75 Å². The van der Waals surface area contributed by atoms with Gasteiger partial charge in [-0.05, 0) is 29.8 Å². The molecule has 0 aromatic carbocycles. The van der Waals surface area contributed by atoms with E-state index in [0.717, 1.165) is 6.20 Å². The van der Waals surface area contributed by atoms with Crippen LogP contribution in [0, 0.1) is 0 Å². The molecule has 0 amide bonds. The zero-order valence-electron chi connectivity index (χ0n) is 10.2. The van der Waals surface area contributed by atoms with Crippen LogP contribution in [0.1, 0.15) is 13.8 Å². The quantitative estimate of drug-likeness (QED) is 0.903. The lowest BCUT2D eigenvalue weighted by Gasteiger charge is -2.18. The molecule has 0 saturated carbocycles. The molecule has 0 aliphatic rings. The number of nitrogens with zero attached hydrogens (tertiary/aromatic N) is 2. The van der Waals surface area contributed by atoms with Gasteiger partial charge in [-0.3, -0.25) is 4.79 Å². The van der Waals surface area contributed by atoms with Gasteiger partial charge in [0, 0.05) is 0 Å². The van der Waals surface area contributed by atoms with Crippen molar-refractivity contribution in [2.75, 3.05) is 6.61 Å². The van der Waals surface area contributed by atoms with Gasteiger partial charge in [0.15, 0.2) is 0 Å².